The van der Waals surface area contributed by atoms with Gasteiger partial charge in [-0.2, -0.15) is 23.3 Å². The molecule has 2 aromatic rings. The number of hydrogen-bond donors (Lipinski definition) is 0. The van der Waals surface area contributed by atoms with Gasteiger partial charge in [0.05, 0.1) is 16.9 Å². The van der Waals surface area contributed by atoms with E-state index in [-0.39, 0.29) is 5.69 Å². The van der Waals surface area contributed by atoms with E-state index in [1.165, 1.54) is 18.2 Å². The average Bonchev–Trinajstić information content (AvgIpc) is 2.92. The van der Waals surface area contributed by atoms with Crippen LogP contribution < -0.4 is 9.91 Å². The third kappa shape index (κ3) is 3.90. The lowest BCUT2D eigenvalue weighted by Crippen LogP contribution is -2.25. The Morgan fingerprint density at radius 2 is 1.78 bits per heavy atom. The zero-order valence-corrected chi connectivity index (χ0v) is 16.0. The predicted molar refractivity (Wildman–Crippen MR) is 104 cm³/mol. The average molecular weight is 438 g/mol. The zero-order chi connectivity index (χ0) is 19.8. The number of alkyl halides is 3. The molecule has 0 saturated heterocycles. The molecule has 0 atom stereocenters. The summed E-state index contributed by atoms with van der Waals surface area (Å²) < 4.78 is 41.1. The second-order valence-corrected chi connectivity index (χ2v) is 6.92. The third-order valence-electron chi connectivity index (χ3n) is 3.91. The van der Waals surface area contributed by atoms with E-state index >= 15 is 0 Å². The van der Waals surface area contributed by atoms with Gasteiger partial charge in [-0.15, -0.1) is 0 Å². The van der Waals surface area contributed by atoms with Crippen LogP contribution in [0.15, 0.2) is 63.7 Å². The molecule has 1 aliphatic rings. The van der Waals surface area contributed by atoms with E-state index in [0.717, 1.165) is 10.7 Å². The Morgan fingerprint density at radius 3 is 2.33 bits per heavy atom. The van der Waals surface area contributed by atoms with Crippen molar-refractivity contribution in [3.8, 4) is 0 Å². The SMILES string of the molecule is CN(C)c1ccc(/C=C2\C(=O)N(c3ccccc3)N=C2C(F)(F)F)cc1Br. The summed E-state index contributed by atoms with van der Waals surface area (Å²) >= 11 is 3.40. The number of hydrogen-bond acceptors (Lipinski definition) is 3. The van der Waals surface area contributed by atoms with Gasteiger partial charge in [-0.05, 0) is 51.8 Å². The van der Waals surface area contributed by atoms with Gasteiger partial charge in [0.25, 0.3) is 5.91 Å². The van der Waals surface area contributed by atoms with E-state index in [4.69, 9.17) is 0 Å². The van der Waals surface area contributed by atoms with Crippen LogP contribution >= 0.6 is 15.9 Å². The molecule has 140 valence electrons. The Bertz CT molecular complexity index is 937. The maximum absolute atomic E-state index is 13.5. The molecule has 3 rings (SSSR count). The third-order valence-corrected chi connectivity index (χ3v) is 4.55. The molecule has 0 radical (unpaired) electrons. The molecule has 4 nitrogen and oxygen atoms in total. The quantitative estimate of drug-likeness (QED) is 0.642. The first-order chi connectivity index (χ1) is 12.7. The van der Waals surface area contributed by atoms with Gasteiger partial charge in [-0.3, -0.25) is 4.79 Å². The molecule has 27 heavy (non-hydrogen) atoms. The predicted octanol–water partition coefficient (Wildman–Crippen LogP) is 4.86. The first kappa shape index (κ1) is 19.2. The van der Waals surface area contributed by atoms with E-state index in [0.29, 0.717) is 10.0 Å². The maximum atomic E-state index is 13.5. The number of carbonyl (C=O) groups is 1. The molecule has 0 spiro atoms. The van der Waals surface area contributed by atoms with Crippen molar-refractivity contribution < 1.29 is 18.0 Å². The summed E-state index contributed by atoms with van der Waals surface area (Å²) in [6.07, 6.45) is -3.53. The molecular formula is C19H15BrF3N3O. The Kier molecular flexibility index (Phi) is 5.10. The first-order valence-corrected chi connectivity index (χ1v) is 8.72. The highest BCUT2D eigenvalue weighted by molar-refractivity contribution is 9.10. The van der Waals surface area contributed by atoms with E-state index in [2.05, 4.69) is 21.0 Å². The Labute approximate surface area is 162 Å². The summed E-state index contributed by atoms with van der Waals surface area (Å²) in [7, 11) is 3.70. The number of rotatable bonds is 3. The molecule has 0 aromatic heterocycles. The summed E-state index contributed by atoms with van der Waals surface area (Å²) in [5.74, 6) is -0.818. The summed E-state index contributed by atoms with van der Waals surface area (Å²) in [5, 5.41) is 4.32. The standard InChI is InChI=1S/C19H15BrF3N3O/c1-25(2)16-9-8-12(11-15(16)20)10-14-17(19(21,22)23)24-26(18(14)27)13-6-4-3-5-7-13/h3-11H,1-2H3/b14-10-. The molecular weight excluding hydrogens is 423 g/mol. The summed E-state index contributed by atoms with van der Waals surface area (Å²) in [5.41, 5.74) is -0.0926. The van der Waals surface area contributed by atoms with E-state index in [9.17, 15) is 18.0 Å². The van der Waals surface area contributed by atoms with Crippen molar-refractivity contribution in [2.75, 3.05) is 24.0 Å². The topological polar surface area (TPSA) is 35.9 Å². The van der Waals surface area contributed by atoms with Crippen molar-refractivity contribution in [1.82, 2.24) is 0 Å². The molecule has 0 saturated carbocycles. The fourth-order valence-electron chi connectivity index (χ4n) is 2.64. The normalized spacial score (nSPS) is 16.1. The lowest BCUT2D eigenvalue weighted by Gasteiger charge is -2.15. The van der Waals surface area contributed by atoms with Crippen molar-refractivity contribution in [2.24, 2.45) is 5.10 Å². The van der Waals surface area contributed by atoms with Crippen molar-refractivity contribution in [2.45, 2.75) is 6.18 Å². The molecule has 0 bridgehead atoms. The molecule has 1 aliphatic heterocycles. The molecule has 0 fully saturated rings. The lowest BCUT2D eigenvalue weighted by molar-refractivity contribution is -0.114. The second-order valence-electron chi connectivity index (χ2n) is 6.06. The van der Waals surface area contributed by atoms with Crippen molar-refractivity contribution >= 4 is 45.0 Å². The molecule has 0 N–H and O–H groups in total. The summed E-state index contributed by atoms with van der Waals surface area (Å²) in [6.45, 7) is 0. The highest BCUT2D eigenvalue weighted by atomic mass is 79.9. The largest absolute Gasteiger partial charge is 0.435 e. The Balaban J connectivity index is 2.05. The molecule has 8 heteroatoms. The molecule has 0 unspecified atom stereocenters. The van der Waals surface area contributed by atoms with Gasteiger partial charge >= 0.3 is 6.18 Å². The van der Waals surface area contributed by atoms with Crippen LogP contribution in [0.1, 0.15) is 5.56 Å². The van der Waals surface area contributed by atoms with E-state index in [1.807, 2.05) is 19.0 Å². The number of anilines is 2. The highest BCUT2D eigenvalue weighted by Gasteiger charge is 2.46. The maximum Gasteiger partial charge on any atom is 0.435 e. The minimum absolute atomic E-state index is 0.275. The number of nitrogens with zero attached hydrogens (tertiary/aromatic N) is 3. The second kappa shape index (κ2) is 7.19. The van der Waals surface area contributed by atoms with Gasteiger partial charge in [-0.25, -0.2) is 0 Å². The molecule has 0 aliphatic carbocycles. The van der Waals surface area contributed by atoms with E-state index in [1.54, 1.807) is 36.4 Å². The van der Waals surface area contributed by atoms with Crippen LogP contribution in [0.5, 0.6) is 0 Å². The van der Waals surface area contributed by atoms with Crippen LogP contribution in [0.3, 0.4) is 0 Å². The van der Waals surface area contributed by atoms with Crippen molar-refractivity contribution in [3.63, 3.8) is 0 Å². The first-order valence-electron chi connectivity index (χ1n) is 7.92. The number of amides is 1. The van der Waals surface area contributed by atoms with Gasteiger partial charge in [0, 0.05) is 18.6 Å². The van der Waals surface area contributed by atoms with Gasteiger partial charge in [-0.1, -0.05) is 24.3 Å². The Morgan fingerprint density at radius 1 is 1.11 bits per heavy atom. The van der Waals surface area contributed by atoms with Gasteiger partial charge in [0.2, 0.25) is 0 Å². The van der Waals surface area contributed by atoms with Gasteiger partial charge in [0.1, 0.15) is 0 Å². The molecule has 2 aromatic carbocycles. The summed E-state index contributed by atoms with van der Waals surface area (Å²) in [4.78, 5) is 14.5. The van der Waals surface area contributed by atoms with Crippen LogP contribution in [-0.2, 0) is 4.79 Å². The highest BCUT2D eigenvalue weighted by Crippen LogP contribution is 2.33. The van der Waals surface area contributed by atoms with Crippen LogP contribution in [0.4, 0.5) is 24.5 Å². The van der Waals surface area contributed by atoms with E-state index < -0.39 is 23.4 Å². The number of para-hydroxylation sites is 1. The fraction of sp³-hybridized carbons (Fsp3) is 0.158. The number of halogens is 4. The smallest absolute Gasteiger partial charge is 0.377 e. The zero-order valence-electron chi connectivity index (χ0n) is 14.5. The number of hydrazone groups is 1. The minimum Gasteiger partial charge on any atom is -0.377 e. The number of benzene rings is 2. The lowest BCUT2D eigenvalue weighted by atomic mass is 10.1. The van der Waals surface area contributed by atoms with Crippen LogP contribution in [-0.4, -0.2) is 31.9 Å². The molecule has 1 heterocycles. The minimum atomic E-state index is -4.74. The number of carbonyl (C=O) groups excluding carboxylic acids is 1. The van der Waals surface area contributed by atoms with Gasteiger partial charge < -0.3 is 4.90 Å². The van der Waals surface area contributed by atoms with Crippen LogP contribution in [0.25, 0.3) is 6.08 Å². The van der Waals surface area contributed by atoms with Crippen LogP contribution in [0, 0.1) is 0 Å². The van der Waals surface area contributed by atoms with Crippen molar-refractivity contribution in [1.29, 1.82) is 0 Å². The van der Waals surface area contributed by atoms with Gasteiger partial charge in [0.15, 0.2) is 5.71 Å². The molecule has 1 amide bonds. The fourth-order valence-corrected chi connectivity index (χ4v) is 3.39. The Hall–Kier alpha value is -2.61. The monoisotopic (exact) mass is 437 g/mol. The van der Waals surface area contributed by atoms with Crippen molar-refractivity contribution in [3.05, 3.63) is 64.1 Å². The van der Waals surface area contributed by atoms with Crippen LogP contribution in [0.2, 0.25) is 0 Å². The summed E-state index contributed by atoms with van der Waals surface area (Å²) in [6, 6.07) is 13.1.